The summed E-state index contributed by atoms with van der Waals surface area (Å²) in [5, 5.41) is 12.7. The van der Waals surface area contributed by atoms with Crippen LogP contribution in [0.15, 0.2) is 24.3 Å². The molecule has 4 nitrogen and oxygen atoms in total. The van der Waals surface area contributed by atoms with E-state index in [1.165, 1.54) is 5.56 Å². The Morgan fingerprint density at radius 3 is 2.70 bits per heavy atom. The molecule has 0 aliphatic carbocycles. The SMILES string of the molecule is OCc1ccc(CNC2CCOC3(CCOC3)C2)cc1. The van der Waals surface area contributed by atoms with E-state index in [1.54, 1.807) is 0 Å². The lowest BCUT2D eigenvalue weighted by atomic mass is 9.89. The highest BCUT2D eigenvalue weighted by Gasteiger charge is 2.40. The molecule has 2 unspecified atom stereocenters. The van der Waals surface area contributed by atoms with Gasteiger partial charge < -0.3 is 19.9 Å². The number of aliphatic hydroxyl groups is 1. The topological polar surface area (TPSA) is 50.7 Å². The predicted molar refractivity (Wildman–Crippen MR) is 76.3 cm³/mol. The number of rotatable bonds is 4. The second-order valence-corrected chi connectivity index (χ2v) is 5.88. The first-order chi connectivity index (χ1) is 9.80. The fourth-order valence-corrected chi connectivity index (χ4v) is 3.09. The van der Waals surface area contributed by atoms with Crippen LogP contribution in [0.5, 0.6) is 0 Å². The van der Waals surface area contributed by atoms with E-state index >= 15 is 0 Å². The predicted octanol–water partition coefficient (Wildman–Crippen LogP) is 1.61. The van der Waals surface area contributed by atoms with Gasteiger partial charge in [0.25, 0.3) is 0 Å². The van der Waals surface area contributed by atoms with E-state index in [9.17, 15) is 0 Å². The van der Waals surface area contributed by atoms with Gasteiger partial charge >= 0.3 is 0 Å². The molecule has 2 saturated heterocycles. The smallest absolute Gasteiger partial charge is 0.0951 e. The van der Waals surface area contributed by atoms with Gasteiger partial charge in [-0.1, -0.05) is 24.3 Å². The molecule has 2 fully saturated rings. The second-order valence-electron chi connectivity index (χ2n) is 5.88. The Balaban J connectivity index is 1.52. The molecule has 0 aromatic heterocycles. The number of ether oxygens (including phenoxy) is 2. The third-order valence-corrected chi connectivity index (χ3v) is 4.36. The van der Waals surface area contributed by atoms with Crippen molar-refractivity contribution in [2.24, 2.45) is 0 Å². The molecule has 0 saturated carbocycles. The van der Waals surface area contributed by atoms with Crippen LogP contribution >= 0.6 is 0 Å². The van der Waals surface area contributed by atoms with E-state index in [-0.39, 0.29) is 12.2 Å². The molecule has 110 valence electrons. The van der Waals surface area contributed by atoms with Crippen molar-refractivity contribution in [1.82, 2.24) is 5.32 Å². The maximum atomic E-state index is 9.04. The average molecular weight is 277 g/mol. The Morgan fingerprint density at radius 2 is 2.00 bits per heavy atom. The number of nitrogens with one attached hydrogen (secondary N) is 1. The Bertz CT molecular complexity index is 426. The molecule has 2 aliphatic rings. The van der Waals surface area contributed by atoms with Crippen molar-refractivity contribution in [2.45, 2.75) is 44.1 Å². The van der Waals surface area contributed by atoms with Gasteiger partial charge in [-0.3, -0.25) is 0 Å². The zero-order chi connectivity index (χ0) is 13.8. The second kappa shape index (κ2) is 6.22. The largest absolute Gasteiger partial charge is 0.392 e. The minimum absolute atomic E-state index is 0.0311. The van der Waals surface area contributed by atoms with Crippen LogP contribution in [0, 0.1) is 0 Å². The van der Waals surface area contributed by atoms with E-state index in [2.05, 4.69) is 17.4 Å². The van der Waals surface area contributed by atoms with Crippen LogP contribution in [0.1, 0.15) is 30.4 Å². The summed E-state index contributed by atoms with van der Waals surface area (Å²) in [5.74, 6) is 0. The molecule has 2 N–H and O–H groups in total. The first-order valence-corrected chi connectivity index (χ1v) is 7.43. The number of aliphatic hydroxyl groups excluding tert-OH is 1. The summed E-state index contributed by atoms with van der Waals surface area (Å²) in [6.07, 6.45) is 3.13. The first-order valence-electron chi connectivity index (χ1n) is 7.43. The van der Waals surface area contributed by atoms with E-state index in [0.29, 0.717) is 6.04 Å². The van der Waals surface area contributed by atoms with E-state index < -0.39 is 0 Å². The van der Waals surface area contributed by atoms with Crippen molar-refractivity contribution >= 4 is 0 Å². The summed E-state index contributed by atoms with van der Waals surface area (Å²) in [7, 11) is 0. The molecule has 1 aromatic carbocycles. The Morgan fingerprint density at radius 1 is 1.20 bits per heavy atom. The van der Waals surface area contributed by atoms with Gasteiger partial charge in [-0.25, -0.2) is 0 Å². The van der Waals surface area contributed by atoms with Crippen LogP contribution < -0.4 is 5.32 Å². The summed E-state index contributed by atoms with van der Waals surface area (Å²) >= 11 is 0. The maximum absolute atomic E-state index is 9.04. The van der Waals surface area contributed by atoms with Gasteiger partial charge in [0.2, 0.25) is 0 Å². The van der Waals surface area contributed by atoms with Gasteiger partial charge in [0.15, 0.2) is 0 Å². The van der Waals surface area contributed by atoms with E-state index in [0.717, 1.165) is 51.2 Å². The number of benzene rings is 1. The van der Waals surface area contributed by atoms with Crippen LogP contribution in [0.3, 0.4) is 0 Å². The van der Waals surface area contributed by atoms with E-state index in [1.807, 2.05) is 12.1 Å². The Labute approximate surface area is 120 Å². The Hall–Kier alpha value is -0.940. The number of hydrogen-bond acceptors (Lipinski definition) is 4. The average Bonchev–Trinajstić information content (AvgIpc) is 2.93. The first kappa shape index (κ1) is 14.0. The van der Waals surface area contributed by atoms with Crippen LogP contribution in [0.25, 0.3) is 0 Å². The van der Waals surface area contributed by atoms with Gasteiger partial charge in [-0.15, -0.1) is 0 Å². The quantitative estimate of drug-likeness (QED) is 0.878. The fourth-order valence-electron chi connectivity index (χ4n) is 3.09. The van der Waals surface area contributed by atoms with Gasteiger partial charge in [0.05, 0.1) is 18.8 Å². The van der Waals surface area contributed by atoms with Crippen LogP contribution in [0.4, 0.5) is 0 Å². The van der Waals surface area contributed by atoms with Gasteiger partial charge in [-0.2, -0.15) is 0 Å². The molecule has 3 rings (SSSR count). The minimum atomic E-state index is -0.0311. The summed E-state index contributed by atoms with van der Waals surface area (Å²) < 4.78 is 11.4. The Kier molecular flexibility index (Phi) is 4.36. The van der Waals surface area contributed by atoms with Crippen molar-refractivity contribution in [2.75, 3.05) is 19.8 Å². The lowest BCUT2D eigenvalue weighted by Gasteiger charge is -2.37. The highest BCUT2D eigenvalue weighted by Crippen LogP contribution is 2.32. The standard InChI is InChI=1S/C16H23NO3/c18-11-14-3-1-13(2-4-14)10-17-15-5-7-20-16(9-15)6-8-19-12-16/h1-4,15,17-18H,5-12H2. The third-order valence-electron chi connectivity index (χ3n) is 4.36. The monoisotopic (exact) mass is 277 g/mol. The molecule has 20 heavy (non-hydrogen) atoms. The summed E-state index contributed by atoms with van der Waals surface area (Å²) in [6, 6.07) is 8.61. The van der Waals surface area contributed by atoms with Crippen molar-refractivity contribution in [3.05, 3.63) is 35.4 Å². The molecule has 0 amide bonds. The normalized spacial score (nSPS) is 29.9. The molecule has 0 bridgehead atoms. The lowest BCUT2D eigenvalue weighted by molar-refractivity contribution is -0.0894. The molecule has 1 spiro atoms. The highest BCUT2D eigenvalue weighted by atomic mass is 16.6. The molecule has 2 aliphatic heterocycles. The molecular weight excluding hydrogens is 254 g/mol. The molecule has 0 radical (unpaired) electrons. The highest BCUT2D eigenvalue weighted by molar-refractivity contribution is 5.21. The number of hydrogen-bond donors (Lipinski definition) is 2. The molecule has 2 atom stereocenters. The third kappa shape index (κ3) is 3.20. The summed E-state index contributed by atoms with van der Waals surface area (Å²) in [6.45, 7) is 3.37. The molecule has 2 heterocycles. The van der Waals surface area contributed by atoms with Crippen molar-refractivity contribution < 1.29 is 14.6 Å². The zero-order valence-electron chi connectivity index (χ0n) is 11.8. The maximum Gasteiger partial charge on any atom is 0.0951 e. The fraction of sp³-hybridized carbons (Fsp3) is 0.625. The van der Waals surface area contributed by atoms with Gasteiger partial charge in [0, 0.05) is 32.2 Å². The lowest BCUT2D eigenvalue weighted by Crippen LogP contribution is -2.47. The molecule has 4 heteroatoms. The van der Waals surface area contributed by atoms with Crippen LogP contribution in [0.2, 0.25) is 0 Å². The molecule has 1 aromatic rings. The molecular formula is C16H23NO3. The van der Waals surface area contributed by atoms with Gasteiger partial charge in [-0.05, 0) is 24.0 Å². The van der Waals surface area contributed by atoms with Crippen LogP contribution in [-0.4, -0.2) is 36.6 Å². The summed E-state index contributed by atoms with van der Waals surface area (Å²) in [5.41, 5.74) is 2.18. The van der Waals surface area contributed by atoms with Crippen molar-refractivity contribution in [3.63, 3.8) is 0 Å². The van der Waals surface area contributed by atoms with Crippen molar-refractivity contribution in [3.8, 4) is 0 Å². The van der Waals surface area contributed by atoms with Crippen LogP contribution in [-0.2, 0) is 22.6 Å². The summed E-state index contributed by atoms with van der Waals surface area (Å²) in [4.78, 5) is 0. The zero-order valence-corrected chi connectivity index (χ0v) is 11.8. The van der Waals surface area contributed by atoms with Gasteiger partial charge in [0.1, 0.15) is 0 Å². The van der Waals surface area contributed by atoms with Crippen molar-refractivity contribution in [1.29, 1.82) is 0 Å². The minimum Gasteiger partial charge on any atom is -0.392 e. The van der Waals surface area contributed by atoms with E-state index in [4.69, 9.17) is 14.6 Å².